The molecule has 0 aliphatic heterocycles. The number of halogens is 2. The second kappa shape index (κ2) is 6.75. The van der Waals surface area contributed by atoms with Crippen molar-refractivity contribution in [1.29, 1.82) is 0 Å². The van der Waals surface area contributed by atoms with Crippen molar-refractivity contribution in [2.75, 3.05) is 12.4 Å². The maximum atomic E-state index is 13.5. The van der Waals surface area contributed by atoms with Gasteiger partial charge in [0, 0.05) is 23.9 Å². The lowest BCUT2D eigenvalue weighted by atomic mass is 9.84. The molecule has 0 unspecified atom stereocenters. The number of carbonyl (C=O) groups excluding carboxylic acids is 1. The normalized spacial score (nSPS) is 11.4. The molecule has 5 heteroatoms. The van der Waals surface area contributed by atoms with E-state index >= 15 is 0 Å². The molecule has 1 amide bonds. The van der Waals surface area contributed by atoms with Crippen molar-refractivity contribution in [2.24, 2.45) is 5.41 Å². The molecule has 0 aliphatic carbocycles. The second-order valence-corrected chi connectivity index (χ2v) is 4.95. The van der Waals surface area contributed by atoms with Crippen molar-refractivity contribution < 1.29 is 14.3 Å². The second-order valence-electron chi connectivity index (χ2n) is 4.69. The molecule has 0 aliphatic rings. The molecule has 0 radical (unpaired) electrons. The summed E-state index contributed by atoms with van der Waals surface area (Å²) < 4.78 is 13.5. The third-order valence-corrected chi connectivity index (χ3v) is 4.17. The molecule has 1 aromatic carbocycles. The highest BCUT2D eigenvalue weighted by atomic mass is 35.5. The van der Waals surface area contributed by atoms with Crippen LogP contribution in [-0.4, -0.2) is 23.4 Å². The molecular weight excluding hydrogens is 269 g/mol. The van der Waals surface area contributed by atoms with E-state index in [4.69, 9.17) is 16.7 Å². The van der Waals surface area contributed by atoms with Crippen LogP contribution in [0.5, 0.6) is 5.75 Å². The summed E-state index contributed by atoms with van der Waals surface area (Å²) in [5.74, 6) is -0.986. The molecule has 106 valence electrons. The summed E-state index contributed by atoms with van der Waals surface area (Å²) >= 11 is 5.95. The van der Waals surface area contributed by atoms with E-state index in [1.54, 1.807) is 0 Å². The van der Waals surface area contributed by atoms with Gasteiger partial charge in [0.05, 0.1) is 5.56 Å². The van der Waals surface area contributed by atoms with Crippen LogP contribution < -0.4 is 5.32 Å². The van der Waals surface area contributed by atoms with Gasteiger partial charge in [-0.15, -0.1) is 11.6 Å². The number of nitrogens with one attached hydrogen (secondary N) is 1. The highest BCUT2D eigenvalue weighted by molar-refractivity contribution is 6.18. The zero-order valence-electron chi connectivity index (χ0n) is 11.2. The summed E-state index contributed by atoms with van der Waals surface area (Å²) in [6.45, 7) is 4.43. The summed E-state index contributed by atoms with van der Waals surface area (Å²) in [6, 6.07) is 3.47. The number of phenols is 1. The number of carbonyl (C=O) groups is 1. The minimum absolute atomic E-state index is 0.0755. The molecule has 0 atom stereocenters. The third-order valence-electron chi connectivity index (χ3n) is 3.60. The zero-order chi connectivity index (χ0) is 14.5. The maximum Gasteiger partial charge on any atom is 0.254 e. The van der Waals surface area contributed by atoms with Gasteiger partial charge >= 0.3 is 0 Å². The lowest BCUT2D eigenvalue weighted by Crippen LogP contribution is -2.38. The van der Waals surface area contributed by atoms with E-state index in [1.807, 2.05) is 13.8 Å². The van der Waals surface area contributed by atoms with Crippen LogP contribution in [0.3, 0.4) is 0 Å². The largest absolute Gasteiger partial charge is 0.508 e. The van der Waals surface area contributed by atoms with Crippen LogP contribution in [0.2, 0.25) is 0 Å². The predicted molar refractivity (Wildman–Crippen MR) is 74.1 cm³/mol. The number of phenolic OH excluding ortho intramolecular Hbond substituents is 1. The van der Waals surface area contributed by atoms with Gasteiger partial charge in [0.1, 0.15) is 11.6 Å². The fraction of sp³-hybridized carbons (Fsp3) is 0.500. The minimum atomic E-state index is -0.734. The van der Waals surface area contributed by atoms with E-state index in [1.165, 1.54) is 12.1 Å². The Morgan fingerprint density at radius 2 is 2.05 bits per heavy atom. The first kappa shape index (κ1) is 15.8. The highest BCUT2D eigenvalue weighted by Crippen LogP contribution is 2.27. The molecule has 1 aromatic rings. The number of benzene rings is 1. The Morgan fingerprint density at radius 3 is 2.53 bits per heavy atom. The van der Waals surface area contributed by atoms with Crippen LogP contribution in [0.4, 0.5) is 4.39 Å². The van der Waals surface area contributed by atoms with Gasteiger partial charge in [-0.25, -0.2) is 4.39 Å². The summed E-state index contributed by atoms with van der Waals surface area (Å²) in [5, 5.41) is 11.8. The number of alkyl halides is 1. The van der Waals surface area contributed by atoms with Crippen LogP contribution in [0, 0.1) is 11.2 Å². The van der Waals surface area contributed by atoms with Gasteiger partial charge in [0.2, 0.25) is 0 Å². The van der Waals surface area contributed by atoms with E-state index in [0.29, 0.717) is 12.4 Å². The molecule has 0 saturated heterocycles. The maximum absolute atomic E-state index is 13.5. The van der Waals surface area contributed by atoms with Crippen LogP contribution in [0.15, 0.2) is 18.2 Å². The first-order chi connectivity index (χ1) is 8.98. The summed E-state index contributed by atoms with van der Waals surface area (Å²) in [4.78, 5) is 11.9. The summed E-state index contributed by atoms with van der Waals surface area (Å²) in [5.41, 5.74) is -0.238. The summed E-state index contributed by atoms with van der Waals surface area (Å²) in [6.07, 6.45) is 1.68. The molecule has 0 saturated carbocycles. The SMILES string of the molecule is CCC(CC)(CCl)CNC(=O)c1ccc(O)cc1F. The number of hydrogen-bond acceptors (Lipinski definition) is 2. The van der Waals surface area contributed by atoms with Crippen molar-refractivity contribution in [3.05, 3.63) is 29.6 Å². The van der Waals surface area contributed by atoms with Gasteiger partial charge in [-0.05, 0) is 25.0 Å². The molecule has 0 aromatic heterocycles. The Kier molecular flexibility index (Phi) is 5.60. The molecule has 2 N–H and O–H groups in total. The molecular formula is C14H19ClFNO2. The van der Waals surface area contributed by atoms with E-state index in [9.17, 15) is 9.18 Å². The van der Waals surface area contributed by atoms with E-state index in [-0.39, 0.29) is 16.7 Å². The Labute approximate surface area is 117 Å². The van der Waals surface area contributed by atoms with Crippen LogP contribution >= 0.6 is 11.6 Å². The van der Waals surface area contributed by atoms with Gasteiger partial charge in [0.25, 0.3) is 5.91 Å². The Morgan fingerprint density at radius 1 is 1.42 bits per heavy atom. The number of amides is 1. The average molecular weight is 288 g/mol. The zero-order valence-corrected chi connectivity index (χ0v) is 11.9. The predicted octanol–water partition coefficient (Wildman–Crippen LogP) is 3.31. The number of rotatable bonds is 6. The minimum Gasteiger partial charge on any atom is -0.508 e. The van der Waals surface area contributed by atoms with Crippen LogP contribution in [0.25, 0.3) is 0 Å². The van der Waals surface area contributed by atoms with Gasteiger partial charge in [0.15, 0.2) is 0 Å². The van der Waals surface area contributed by atoms with E-state index in [2.05, 4.69) is 5.32 Å². The number of aromatic hydroxyl groups is 1. The standard InChI is InChI=1S/C14H19ClFNO2/c1-3-14(4-2,8-15)9-17-13(19)11-6-5-10(18)7-12(11)16/h5-7,18H,3-4,8-9H2,1-2H3,(H,17,19). The van der Waals surface area contributed by atoms with E-state index < -0.39 is 11.7 Å². The topological polar surface area (TPSA) is 49.3 Å². The first-order valence-electron chi connectivity index (χ1n) is 6.30. The molecule has 0 heterocycles. The quantitative estimate of drug-likeness (QED) is 0.789. The van der Waals surface area contributed by atoms with Crippen LogP contribution in [-0.2, 0) is 0 Å². The molecule has 19 heavy (non-hydrogen) atoms. The molecule has 3 nitrogen and oxygen atoms in total. The Bertz CT molecular complexity index is 439. The number of hydrogen-bond donors (Lipinski definition) is 2. The van der Waals surface area contributed by atoms with Gasteiger partial charge < -0.3 is 10.4 Å². The molecule has 0 fully saturated rings. The third kappa shape index (κ3) is 3.83. The van der Waals surface area contributed by atoms with Gasteiger partial charge in [-0.1, -0.05) is 13.8 Å². The first-order valence-corrected chi connectivity index (χ1v) is 6.84. The van der Waals surface area contributed by atoms with Gasteiger partial charge in [-0.2, -0.15) is 0 Å². The highest BCUT2D eigenvalue weighted by Gasteiger charge is 2.26. The fourth-order valence-electron chi connectivity index (χ4n) is 1.79. The lowest BCUT2D eigenvalue weighted by molar-refractivity contribution is 0.0927. The molecule has 1 rings (SSSR count). The summed E-state index contributed by atoms with van der Waals surface area (Å²) in [7, 11) is 0. The van der Waals surface area contributed by atoms with Crippen molar-refractivity contribution in [1.82, 2.24) is 5.32 Å². The Balaban J connectivity index is 2.75. The Hall–Kier alpha value is -1.29. The van der Waals surface area contributed by atoms with Crippen LogP contribution in [0.1, 0.15) is 37.0 Å². The van der Waals surface area contributed by atoms with E-state index in [0.717, 1.165) is 18.9 Å². The van der Waals surface area contributed by atoms with Crippen molar-refractivity contribution >= 4 is 17.5 Å². The van der Waals surface area contributed by atoms with Crippen molar-refractivity contribution in [3.63, 3.8) is 0 Å². The average Bonchev–Trinajstić information content (AvgIpc) is 2.40. The van der Waals surface area contributed by atoms with Crippen molar-refractivity contribution in [2.45, 2.75) is 26.7 Å². The van der Waals surface area contributed by atoms with Crippen molar-refractivity contribution in [3.8, 4) is 5.75 Å². The lowest BCUT2D eigenvalue weighted by Gasteiger charge is -2.29. The molecule has 0 spiro atoms. The van der Waals surface area contributed by atoms with Gasteiger partial charge in [-0.3, -0.25) is 4.79 Å². The fourth-order valence-corrected chi connectivity index (χ4v) is 2.26. The monoisotopic (exact) mass is 287 g/mol. The smallest absolute Gasteiger partial charge is 0.254 e. The molecule has 0 bridgehead atoms.